The van der Waals surface area contributed by atoms with Crippen LogP contribution in [0.2, 0.25) is 5.02 Å². The van der Waals surface area contributed by atoms with Crippen molar-refractivity contribution in [3.05, 3.63) is 63.9 Å². The molecular weight excluding hydrogens is 291 g/mol. The largest absolute Gasteiger partial charge is 0.489 e. The molecule has 0 aliphatic heterocycles. The molecule has 0 spiro atoms. The molecule has 1 aliphatic carbocycles. The monoisotopic (exact) mass is 306 g/mol. The number of aliphatic hydroxyl groups excluding tert-OH is 1. The summed E-state index contributed by atoms with van der Waals surface area (Å²) in [5, 5.41) is 10.1. The highest BCUT2D eigenvalue weighted by Crippen LogP contribution is 2.32. The minimum Gasteiger partial charge on any atom is -0.489 e. The van der Waals surface area contributed by atoms with Crippen LogP contribution in [0.3, 0.4) is 0 Å². The maximum Gasteiger partial charge on any atom is 0.148 e. The minimum absolute atomic E-state index is 0.0944. The second kappa shape index (κ2) is 6.04. The lowest BCUT2D eigenvalue weighted by Crippen LogP contribution is -2.09. The number of ether oxygens (including phenoxy) is 1. The Balaban J connectivity index is 1.77. The fourth-order valence-corrected chi connectivity index (χ4v) is 2.86. The zero-order valence-electron chi connectivity index (χ0n) is 11.5. The van der Waals surface area contributed by atoms with Crippen LogP contribution in [0.5, 0.6) is 5.75 Å². The third-order valence-electron chi connectivity index (χ3n) is 3.83. The highest BCUT2D eigenvalue weighted by Gasteiger charge is 2.18. The molecule has 2 nitrogen and oxygen atoms in total. The van der Waals surface area contributed by atoms with Crippen molar-refractivity contribution in [3.8, 4) is 5.75 Å². The van der Waals surface area contributed by atoms with Crippen molar-refractivity contribution in [1.29, 1.82) is 0 Å². The predicted octanol–water partition coefficient (Wildman–Crippen LogP) is 4.43. The number of aliphatic hydroxyl groups is 1. The maximum absolute atomic E-state index is 13.8. The molecule has 4 heteroatoms. The fraction of sp³-hybridized carbons (Fsp3) is 0.294. The van der Waals surface area contributed by atoms with Crippen LogP contribution in [-0.2, 0) is 13.0 Å². The van der Waals surface area contributed by atoms with Crippen LogP contribution in [-0.4, -0.2) is 5.11 Å². The first-order valence-corrected chi connectivity index (χ1v) is 7.39. The van der Waals surface area contributed by atoms with Crippen molar-refractivity contribution in [1.82, 2.24) is 0 Å². The molecule has 21 heavy (non-hydrogen) atoms. The van der Waals surface area contributed by atoms with Gasteiger partial charge in [0.1, 0.15) is 18.2 Å². The molecule has 2 aromatic carbocycles. The van der Waals surface area contributed by atoms with Crippen molar-refractivity contribution in [2.75, 3.05) is 0 Å². The van der Waals surface area contributed by atoms with Gasteiger partial charge < -0.3 is 9.84 Å². The van der Waals surface area contributed by atoms with Crippen molar-refractivity contribution >= 4 is 11.6 Å². The Kier molecular flexibility index (Phi) is 4.13. The quantitative estimate of drug-likeness (QED) is 0.909. The molecule has 0 amide bonds. The summed E-state index contributed by atoms with van der Waals surface area (Å²) in [5.41, 5.74) is 2.50. The van der Waals surface area contributed by atoms with Crippen molar-refractivity contribution in [2.24, 2.45) is 0 Å². The Labute approximate surface area is 128 Å². The van der Waals surface area contributed by atoms with Crippen LogP contribution in [0.25, 0.3) is 0 Å². The SMILES string of the molecule is O[C@H]1CCCc2ccc(OCc3cccc(Cl)c3F)cc21. The van der Waals surface area contributed by atoms with E-state index in [-0.39, 0.29) is 11.6 Å². The van der Waals surface area contributed by atoms with Gasteiger partial charge in [-0.3, -0.25) is 0 Å². The van der Waals surface area contributed by atoms with E-state index in [1.807, 2.05) is 18.2 Å². The van der Waals surface area contributed by atoms with Gasteiger partial charge in [-0.1, -0.05) is 29.8 Å². The summed E-state index contributed by atoms with van der Waals surface area (Å²) in [6, 6.07) is 10.5. The number of benzene rings is 2. The van der Waals surface area contributed by atoms with E-state index in [9.17, 15) is 9.50 Å². The van der Waals surface area contributed by atoms with Gasteiger partial charge in [0.2, 0.25) is 0 Å². The van der Waals surface area contributed by atoms with Gasteiger partial charge in [-0.05, 0) is 48.6 Å². The average molecular weight is 307 g/mol. The van der Waals surface area contributed by atoms with Crippen LogP contribution >= 0.6 is 11.6 Å². The summed E-state index contributed by atoms with van der Waals surface area (Å²) in [7, 11) is 0. The van der Waals surface area contributed by atoms with Crippen molar-refractivity contribution < 1.29 is 14.2 Å². The second-order valence-corrected chi connectivity index (χ2v) is 5.68. The van der Waals surface area contributed by atoms with E-state index < -0.39 is 11.9 Å². The van der Waals surface area contributed by atoms with Gasteiger partial charge in [0.25, 0.3) is 0 Å². The molecular formula is C17H16ClFO2. The van der Waals surface area contributed by atoms with E-state index in [4.69, 9.17) is 16.3 Å². The van der Waals surface area contributed by atoms with E-state index >= 15 is 0 Å². The fourth-order valence-electron chi connectivity index (χ4n) is 2.66. The van der Waals surface area contributed by atoms with E-state index in [1.54, 1.807) is 12.1 Å². The first-order chi connectivity index (χ1) is 10.1. The van der Waals surface area contributed by atoms with Crippen LogP contribution in [0, 0.1) is 5.82 Å². The number of fused-ring (bicyclic) bond motifs is 1. The molecule has 0 fully saturated rings. The third-order valence-corrected chi connectivity index (χ3v) is 4.12. The van der Waals surface area contributed by atoms with Crippen molar-refractivity contribution in [3.63, 3.8) is 0 Å². The van der Waals surface area contributed by atoms with Crippen LogP contribution in [0.4, 0.5) is 4.39 Å². The van der Waals surface area contributed by atoms with Crippen LogP contribution in [0.15, 0.2) is 36.4 Å². The lowest BCUT2D eigenvalue weighted by Gasteiger charge is -2.22. The van der Waals surface area contributed by atoms with Gasteiger partial charge in [0, 0.05) is 5.56 Å². The Morgan fingerprint density at radius 3 is 3.00 bits per heavy atom. The van der Waals surface area contributed by atoms with E-state index in [2.05, 4.69) is 0 Å². The molecule has 0 bridgehead atoms. The molecule has 0 unspecified atom stereocenters. The molecule has 2 aromatic rings. The van der Waals surface area contributed by atoms with Gasteiger partial charge in [-0.2, -0.15) is 0 Å². The summed E-state index contributed by atoms with van der Waals surface area (Å²) >= 11 is 5.75. The van der Waals surface area contributed by atoms with Gasteiger partial charge >= 0.3 is 0 Å². The lowest BCUT2D eigenvalue weighted by molar-refractivity contribution is 0.156. The first kappa shape index (κ1) is 14.4. The topological polar surface area (TPSA) is 29.5 Å². The number of hydrogen-bond acceptors (Lipinski definition) is 2. The zero-order chi connectivity index (χ0) is 14.8. The van der Waals surface area contributed by atoms with E-state index in [0.29, 0.717) is 11.3 Å². The highest BCUT2D eigenvalue weighted by atomic mass is 35.5. The Bertz CT molecular complexity index is 657. The molecule has 0 heterocycles. The van der Waals surface area contributed by atoms with Crippen LogP contribution in [0.1, 0.15) is 35.6 Å². The van der Waals surface area contributed by atoms with Gasteiger partial charge in [-0.15, -0.1) is 0 Å². The maximum atomic E-state index is 13.8. The standard InChI is InChI=1S/C17H16ClFO2/c18-15-5-1-4-12(17(15)19)10-21-13-8-7-11-3-2-6-16(20)14(11)9-13/h1,4-5,7-9,16,20H,2-3,6,10H2/t16-/m0/s1. The van der Waals surface area contributed by atoms with E-state index in [0.717, 1.165) is 30.4 Å². The first-order valence-electron chi connectivity index (χ1n) is 7.02. The van der Waals surface area contributed by atoms with Gasteiger partial charge in [0.15, 0.2) is 0 Å². The Morgan fingerprint density at radius 1 is 1.29 bits per heavy atom. The number of hydrogen-bond donors (Lipinski definition) is 1. The highest BCUT2D eigenvalue weighted by molar-refractivity contribution is 6.30. The normalized spacial score (nSPS) is 17.4. The van der Waals surface area contributed by atoms with E-state index in [1.165, 1.54) is 6.07 Å². The zero-order valence-corrected chi connectivity index (χ0v) is 12.2. The van der Waals surface area contributed by atoms with Gasteiger partial charge in [0.05, 0.1) is 11.1 Å². The average Bonchev–Trinajstić information content (AvgIpc) is 2.49. The summed E-state index contributed by atoms with van der Waals surface area (Å²) < 4.78 is 19.4. The van der Waals surface area contributed by atoms with Gasteiger partial charge in [-0.25, -0.2) is 4.39 Å². The molecule has 3 rings (SSSR count). The van der Waals surface area contributed by atoms with Crippen LogP contribution < -0.4 is 4.74 Å². The summed E-state index contributed by atoms with van der Waals surface area (Å²) in [6.07, 6.45) is 2.33. The number of rotatable bonds is 3. The molecule has 110 valence electrons. The molecule has 1 atom stereocenters. The smallest absolute Gasteiger partial charge is 0.148 e. The summed E-state index contributed by atoms with van der Waals surface area (Å²) in [6.45, 7) is 0.112. The third kappa shape index (κ3) is 3.04. The van der Waals surface area contributed by atoms with Crippen molar-refractivity contribution in [2.45, 2.75) is 32.0 Å². The Hall–Kier alpha value is -1.58. The molecule has 1 N–H and O–H groups in total. The molecule has 0 saturated carbocycles. The minimum atomic E-state index is -0.447. The number of halogens is 2. The molecule has 0 radical (unpaired) electrons. The lowest BCUT2D eigenvalue weighted by atomic mass is 9.89. The Morgan fingerprint density at radius 2 is 2.14 bits per heavy atom. The number of aryl methyl sites for hydroxylation is 1. The second-order valence-electron chi connectivity index (χ2n) is 5.27. The predicted molar refractivity (Wildman–Crippen MR) is 80.1 cm³/mol. The summed E-state index contributed by atoms with van der Waals surface area (Å²) in [4.78, 5) is 0. The summed E-state index contributed by atoms with van der Waals surface area (Å²) in [5.74, 6) is 0.186. The molecule has 1 aliphatic rings. The molecule has 0 saturated heterocycles. The molecule has 0 aromatic heterocycles.